The molecule has 2 fully saturated rings. The first-order valence-electron chi connectivity index (χ1n) is 12.1. The topological polar surface area (TPSA) is 35.5 Å². The number of carbonyl (C=O) groups excluding carboxylic acids is 1. The summed E-state index contributed by atoms with van der Waals surface area (Å²) in [5.74, 6) is 0. The first-order chi connectivity index (χ1) is 15.0. The second-order valence-electron chi connectivity index (χ2n) is 11.7. The molecule has 0 radical (unpaired) electrons. The Balaban J connectivity index is 1.62. The van der Waals surface area contributed by atoms with Crippen molar-refractivity contribution in [3.63, 3.8) is 0 Å². The predicted octanol–water partition coefficient (Wildman–Crippen LogP) is 7.89. The predicted molar refractivity (Wildman–Crippen MR) is 129 cm³/mol. The van der Waals surface area contributed by atoms with Crippen LogP contribution >= 0.6 is 0 Å². The minimum absolute atomic E-state index is 0.0205. The lowest BCUT2D eigenvalue weighted by Gasteiger charge is -2.46. The molecule has 0 aromatic heterocycles. The summed E-state index contributed by atoms with van der Waals surface area (Å²) in [6, 6.07) is 16.8. The van der Waals surface area contributed by atoms with E-state index in [-0.39, 0.29) is 10.8 Å². The van der Waals surface area contributed by atoms with Crippen LogP contribution in [0.5, 0.6) is 0 Å². The summed E-state index contributed by atoms with van der Waals surface area (Å²) in [4.78, 5) is 13.3. The van der Waals surface area contributed by atoms with Gasteiger partial charge < -0.3 is 9.47 Å². The average molecular weight is 435 g/mol. The molecule has 2 aliphatic rings. The Morgan fingerprint density at radius 2 is 1.00 bits per heavy atom. The van der Waals surface area contributed by atoms with E-state index in [1.54, 1.807) is 0 Å². The van der Waals surface area contributed by atoms with Crippen LogP contribution in [0.25, 0.3) is 0 Å². The molecule has 0 atom stereocenters. The van der Waals surface area contributed by atoms with Crippen molar-refractivity contribution in [1.82, 2.24) is 0 Å². The van der Waals surface area contributed by atoms with Crippen molar-refractivity contribution in [2.45, 2.75) is 102 Å². The fourth-order valence-electron chi connectivity index (χ4n) is 5.26. The van der Waals surface area contributed by atoms with E-state index in [2.05, 4.69) is 77.9 Å². The van der Waals surface area contributed by atoms with Crippen LogP contribution < -0.4 is 0 Å². The van der Waals surface area contributed by atoms with Crippen LogP contribution in [0.4, 0.5) is 4.79 Å². The summed E-state index contributed by atoms with van der Waals surface area (Å²) in [6.45, 7) is 13.3. The van der Waals surface area contributed by atoms with Gasteiger partial charge in [-0.1, -0.05) is 90.1 Å². The smallest absolute Gasteiger partial charge is 0.423 e. The number of carbonyl (C=O) groups is 1. The van der Waals surface area contributed by atoms with E-state index >= 15 is 0 Å². The van der Waals surface area contributed by atoms with Gasteiger partial charge in [-0.25, -0.2) is 4.79 Å². The maximum absolute atomic E-state index is 13.3. The summed E-state index contributed by atoms with van der Waals surface area (Å²) >= 11 is 0. The molecule has 2 saturated carbocycles. The van der Waals surface area contributed by atoms with Crippen LogP contribution in [-0.4, -0.2) is 6.16 Å². The van der Waals surface area contributed by atoms with Crippen molar-refractivity contribution >= 4 is 6.16 Å². The highest BCUT2D eigenvalue weighted by atomic mass is 16.7. The van der Waals surface area contributed by atoms with Crippen LogP contribution in [0, 0.1) is 0 Å². The highest BCUT2D eigenvalue weighted by molar-refractivity contribution is 5.63. The van der Waals surface area contributed by atoms with E-state index in [1.807, 2.05) is 12.1 Å². The molecule has 0 N–H and O–H groups in total. The molecule has 3 nitrogen and oxygen atoms in total. The summed E-state index contributed by atoms with van der Waals surface area (Å²) in [5.41, 5.74) is 3.56. The molecule has 0 spiro atoms. The standard InChI is InChI=1S/C29H38O3/c1-26(2,3)21-13-7-9-15-23(21)28(17-11-18-28)31-25(30)32-29(19-12-20-29)24-16-10-8-14-22(24)27(4,5)6/h7-10,13-16H,11-12,17-20H2,1-6H3. The van der Waals surface area contributed by atoms with Gasteiger partial charge in [0, 0.05) is 0 Å². The minimum atomic E-state index is -0.574. The molecule has 0 heterocycles. The Labute approximate surface area is 193 Å². The summed E-state index contributed by atoms with van der Waals surface area (Å²) in [6.07, 6.45) is 4.98. The highest BCUT2D eigenvalue weighted by Crippen LogP contribution is 2.51. The molecule has 0 amide bonds. The Kier molecular flexibility index (Phi) is 5.68. The van der Waals surface area contributed by atoms with Crippen molar-refractivity contribution in [3.05, 3.63) is 70.8 Å². The number of ether oxygens (including phenoxy) is 2. The number of hydrogen-bond donors (Lipinski definition) is 0. The largest absolute Gasteiger partial charge is 0.510 e. The molecular formula is C29H38O3. The molecule has 2 aromatic carbocycles. The van der Waals surface area contributed by atoms with Crippen LogP contribution in [0.15, 0.2) is 48.5 Å². The summed E-state index contributed by atoms with van der Waals surface area (Å²) < 4.78 is 12.4. The highest BCUT2D eigenvalue weighted by Gasteiger charge is 2.49. The normalized spacial score (nSPS) is 19.4. The molecular weight excluding hydrogens is 396 g/mol. The van der Waals surface area contributed by atoms with E-state index in [0.29, 0.717) is 0 Å². The Morgan fingerprint density at radius 3 is 1.28 bits per heavy atom. The number of hydrogen-bond acceptors (Lipinski definition) is 3. The van der Waals surface area contributed by atoms with Gasteiger partial charge in [0.1, 0.15) is 11.2 Å². The van der Waals surface area contributed by atoms with Gasteiger partial charge in [-0.05, 0) is 71.6 Å². The van der Waals surface area contributed by atoms with Gasteiger partial charge in [0.15, 0.2) is 0 Å². The van der Waals surface area contributed by atoms with E-state index in [0.717, 1.165) is 49.7 Å². The maximum atomic E-state index is 13.3. The molecule has 3 heteroatoms. The molecule has 172 valence electrons. The quantitative estimate of drug-likeness (QED) is 0.459. The van der Waals surface area contributed by atoms with Crippen molar-refractivity contribution in [2.75, 3.05) is 0 Å². The zero-order chi connectivity index (χ0) is 23.2. The Hall–Kier alpha value is -2.29. The second-order valence-corrected chi connectivity index (χ2v) is 11.7. The monoisotopic (exact) mass is 434 g/mol. The van der Waals surface area contributed by atoms with E-state index in [1.165, 1.54) is 11.1 Å². The molecule has 0 saturated heterocycles. The average Bonchev–Trinajstić information content (AvgIpc) is 2.66. The molecule has 0 bridgehead atoms. The molecule has 4 rings (SSSR count). The van der Waals surface area contributed by atoms with Gasteiger partial charge in [-0.3, -0.25) is 0 Å². The number of rotatable bonds is 4. The zero-order valence-electron chi connectivity index (χ0n) is 20.6. The third-order valence-electron chi connectivity index (χ3n) is 7.33. The van der Waals surface area contributed by atoms with Crippen molar-refractivity contribution in [1.29, 1.82) is 0 Å². The van der Waals surface area contributed by atoms with Crippen molar-refractivity contribution < 1.29 is 14.3 Å². The lowest BCUT2D eigenvalue weighted by Crippen LogP contribution is -2.45. The Morgan fingerprint density at radius 1 is 0.656 bits per heavy atom. The fourth-order valence-corrected chi connectivity index (χ4v) is 5.26. The molecule has 2 aromatic rings. The van der Waals surface area contributed by atoms with Crippen molar-refractivity contribution in [2.24, 2.45) is 0 Å². The van der Waals surface area contributed by atoms with Crippen LogP contribution in [0.1, 0.15) is 102 Å². The lowest BCUT2D eigenvalue weighted by atomic mass is 9.69. The van der Waals surface area contributed by atoms with Gasteiger partial charge in [0.25, 0.3) is 0 Å². The molecule has 32 heavy (non-hydrogen) atoms. The second kappa shape index (κ2) is 7.93. The molecule has 2 aliphatic carbocycles. The summed E-state index contributed by atoms with van der Waals surface area (Å²) in [7, 11) is 0. The van der Waals surface area contributed by atoms with Gasteiger partial charge in [0.2, 0.25) is 0 Å². The van der Waals surface area contributed by atoms with Gasteiger partial charge >= 0.3 is 6.16 Å². The third-order valence-corrected chi connectivity index (χ3v) is 7.33. The minimum Gasteiger partial charge on any atom is -0.423 e. The lowest BCUT2D eigenvalue weighted by molar-refractivity contribution is -0.136. The van der Waals surface area contributed by atoms with E-state index in [9.17, 15) is 4.79 Å². The Bertz CT molecular complexity index is 902. The van der Waals surface area contributed by atoms with Gasteiger partial charge in [0.05, 0.1) is 0 Å². The maximum Gasteiger partial charge on any atom is 0.510 e. The fraction of sp³-hybridized carbons (Fsp3) is 0.552. The van der Waals surface area contributed by atoms with E-state index in [4.69, 9.17) is 9.47 Å². The van der Waals surface area contributed by atoms with Crippen LogP contribution in [0.2, 0.25) is 0 Å². The van der Waals surface area contributed by atoms with Crippen LogP contribution in [-0.2, 0) is 31.5 Å². The number of benzene rings is 2. The molecule has 0 aliphatic heterocycles. The van der Waals surface area contributed by atoms with Gasteiger partial charge in [-0.15, -0.1) is 0 Å². The van der Waals surface area contributed by atoms with E-state index < -0.39 is 17.4 Å². The first kappa shape index (κ1) is 22.9. The first-order valence-corrected chi connectivity index (χ1v) is 12.1. The SMILES string of the molecule is CC(C)(C)c1ccccc1C1(OC(=O)OC2(c3ccccc3C(C)(C)C)CCC2)CCC1. The third kappa shape index (κ3) is 4.07. The van der Waals surface area contributed by atoms with Gasteiger partial charge in [-0.2, -0.15) is 0 Å². The van der Waals surface area contributed by atoms with Crippen molar-refractivity contribution in [3.8, 4) is 0 Å². The summed E-state index contributed by atoms with van der Waals surface area (Å²) in [5, 5.41) is 0. The molecule has 0 unspecified atom stereocenters. The zero-order valence-corrected chi connectivity index (χ0v) is 20.6. The van der Waals surface area contributed by atoms with Crippen LogP contribution in [0.3, 0.4) is 0 Å².